The molecule has 34 heavy (non-hydrogen) atoms. The third-order valence-corrected chi connectivity index (χ3v) is 6.87. The lowest BCUT2D eigenvalue weighted by molar-refractivity contribution is 0.222. The number of anilines is 1. The summed E-state index contributed by atoms with van der Waals surface area (Å²) in [7, 11) is 1.68. The monoisotopic (exact) mass is 468 g/mol. The molecule has 0 aliphatic carbocycles. The molecule has 0 bridgehead atoms. The van der Waals surface area contributed by atoms with Gasteiger partial charge in [-0.05, 0) is 43.0 Å². The predicted octanol–water partition coefficient (Wildman–Crippen LogP) is 5.88. The normalized spacial score (nSPS) is 18.3. The maximum absolute atomic E-state index is 6.69. The Morgan fingerprint density at radius 2 is 1.82 bits per heavy atom. The van der Waals surface area contributed by atoms with Gasteiger partial charge in [-0.2, -0.15) is 4.98 Å². The number of hydrogen-bond donors (Lipinski definition) is 1. The molecule has 0 fully saturated rings. The highest BCUT2D eigenvalue weighted by atomic mass is 32.2. The van der Waals surface area contributed by atoms with Gasteiger partial charge in [-0.3, -0.25) is 0 Å². The van der Waals surface area contributed by atoms with Crippen LogP contribution in [0.5, 0.6) is 11.5 Å². The minimum atomic E-state index is -0.325. The zero-order valence-corrected chi connectivity index (χ0v) is 20.0. The largest absolute Gasteiger partial charge is 0.497 e. The van der Waals surface area contributed by atoms with Crippen LogP contribution in [0.15, 0.2) is 83.5 Å². The lowest BCUT2D eigenvalue weighted by Crippen LogP contribution is -2.32. The Bertz CT molecular complexity index is 1410. The standard InChI is InChI=1S/C27H24N4O2S/c1-16-11-13-17(14-12-16)24-22-23(28-26-29-27(34-3)30-31(24)26)20-9-4-5-10-21(20)33-25(22)18-7-6-8-19(15-18)32-2/h4-15,24-25H,1-3H3,(H,28,29,30)/t24-,25-/m0/s1. The van der Waals surface area contributed by atoms with Crippen LogP contribution in [0, 0.1) is 6.92 Å². The van der Waals surface area contributed by atoms with Gasteiger partial charge in [-0.1, -0.05) is 65.9 Å². The lowest BCUT2D eigenvalue weighted by atomic mass is 9.84. The summed E-state index contributed by atoms with van der Waals surface area (Å²) >= 11 is 1.53. The summed E-state index contributed by atoms with van der Waals surface area (Å²) < 4.78 is 14.2. The Kier molecular flexibility index (Phi) is 5.07. The summed E-state index contributed by atoms with van der Waals surface area (Å²) in [5, 5.41) is 9.17. The highest BCUT2D eigenvalue weighted by molar-refractivity contribution is 7.98. The SMILES string of the molecule is COc1cccc([C@@H]2Oc3ccccc3C3=C2[C@H](c2ccc(C)cc2)n2nc(SC)nc2N3)c1. The van der Waals surface area contributed by atoms with Crippen molar-refractivity contribution in [3.05, 3.63) is 101 Å². The number of nitrogens with zero attached hydrogens (tertiary/aromatic N) is 3. The van der Waals surface area contributed by atoms with E-state index in [9.17, 15) is 0 Å². The molecule has 0 saturated carbocycles. The third kappa shape index (κ3) is 3.35. The van der Waals surface area contributed by atoms with E-state index >= 15 is 0 Å². The second kappa shape index (κ2) is 8.25. The first-order valence-corrected chi connectivity index (χ1v) is 12.4. The minimum Gasteiger partial charge on any atom is -0.497 e. The molecule has 0 amide bonds. The summed E-state index contributed by atoms with van der Waals surface area (Å²) in [4.78, 5) is 4.76. The maximum Gasteiger partial charge on any atom is 0.227 e. The Labute approximate surface area is 202 Å². The highest BCUT2D eigenvalue weighted by Gasteiger charge is 2.41. The molecule has 3 aromatic carbocycles. The smallest absolute Gasteiger partial charge is 0.227 e. The van der Waals surface area contributed by atoms with Crippen molar-refractivity contribution in [2.24, 2.45) is 0 Å². The number of benzene rings is 3. The van der Waals surface area contributed by atoms with E-state index < -0.39 is 0 Å². The summed E-state index contributed by atoms with van der Waals surface area (Å²) in [5.41, 5.74) is 6.51. The van der Waals surface area contributed by atoms with E-state index in [4.69, 9.17) is 19.6 Å². The van der Waals surface area contributed by atoms with Crippen LogP contribution in [0.25, 0.3) is 5.70 Å². The molecule has 1 aromatic heterocycles. The van der Waals surface area contributed by atoms with Crippen LogP contribution in [-0.2, 0) is 0 Å². The van der Waals surface area contributed by atoms with Crippen LogP contribution >= 0.6 is 11.8 Å². The van der Waals surface area contributed by atoms with Crippen LogP contribution in [-0.4, -0.2) is 28.1 Å². The first-order chi connectivity index (χ1) is 16.7. The number of rotatable bonds is 4. The van der Waals surface area contributed by atoms with Crippen molar-refractivity contribution in [3.8, 4) is 11.5 Å². The first-order valence-electron chi connectivity index (χ1n) is 11.1. The van der Waals surface area contributed by atoms with Gasteiger partial charge in [-0.25, -0.2) is 4.68 Å². The van der Waals surface area contributed by atoms with Crippen LogP contribution < -0.4 is 14.8 Å². The van der Waals surface area contributed by atoms with E-state index in [1.165, 1.54) is 17.3 Å². The number of thioether (sulfide) groups is 1. The molecule has 0 radical (unpaired) electrons. The number of fused-ring (bicyclic) bond motifs is 3. The molecule has 4 aromatic rings. The number of nitrogens with one attached hydrogen (secondary N) is 1. The third-order valence-electron chi connectivity index (χ3n) is 6.33. The van der Waals surface area contributed by atoms with Crippen molar-refractivity contribution in [3.63, 3.8) is 0 Å². The molecular weight excluding hydrogens is 444 g/mol. The van der Waals surface area contributed by atoms with E-state index in [0.717, 1.165) is 50.6 Å². The number of hydrogen-bond acceptors (Lipinski definition) is 6. The zero-order valence-electron chi connectivity index (χ0n) is 19.1. The molecule has 0 saturated heterocycles. The quantitative estimate of drug-likeness (QED) is 0.378. The molecule has 3 heterocycles. The number of ether oxygens (including phenoxy) is 2. The number of methoxy groups -OCH3 is 1. The lowest BCUT2D eigenvalue weighted by Gasteiger charge is -2.39. The van der Waals surface area contributed by atoms with Crippen LogP contribution in [0.4, 0.5) is 5.95 Å². The van der Waals surface area contributed by atoms with Crippen molar-refractivity contribution in [1.29, 1.82) is 0 Å². The average molecular weight is 469 g/mol. The second-order valence-electron chi connectivity index (χ2n) is 8.41. The summed E-state index contributed by atoms with van der Waals surface area (Å²) in [5.74, 6) is 2.36. The van der Waals surface area contributed by atoms with Gasteiger partial charge in [0.05, 0.1) is 12.8 Å². The van der Waals surface area contributed by atoms with Gasteiger partial charge in [0.2, 0.25) is 11.1 Å². The van der Waals surface area contributed by atoms with E-state index in [2.05, 4.69) is 48.6 Å². The van der Waals surface area contributed by atoms with Crippen LogP contribution in [0.3, 0.4) is 0 Å². The van der Waals surface area contributed by atoms with Crippen molar-refractivity contribution in [2.75, 3.05) is 18.7 Å². The molecule has 0 unspecified atom stereocenters. The molecule has 6 rings (SSSR count). The second-order valence-corrected chi connectivity index (χ2v) is 9.18. The summed E-state index contributed by atoms with van der Waals surface area (Å²) in [6.07, 6.45) is 1.67. The van der Waals surface area contributed by atoms with Gasteiger partial charge in [0, 0.05) is 16.7 Å². The number of para-hydroxylation sites is 1. The van der Waals surface area contributed by atoms with Crippen molar-refractivity contribution in [1.82, 2.24) is 14.8 Å². The molecule has 2 aliphatic rings. The minimum absolute atomic E-state index is 0.176. The average Bonchev–Trinajstić information content (AvgIpc) is 3.30. The van der Waals surface area contributed by atoms with Crippen LogP contribution in [0.1, 0.15) is 34.4 Å². The van der Waals surface area contributed by atoms with E-state index in [0.29, 0.717) is 0 Å². The molecular formula is C27H24N4O2S. The molecule has 2 aliphatic heterocycles. The van der Waals surface area contributed by atoms with Crippen molar-refractivity contribution < 1.29 is 9.47 Å². The van der Waals surface area contributed by atoms with Gasteiger partial charge >= 0.3 is 0 Å². The van der Waals surface area contributed by atoms with Gasteiger partial charge in [0.1, 0.15) is 23.6 Å². The molecule has 170 valence electrons. The topological polar surface area (TPSA) is 61.2 Å². The van der Waals surface area contributed by atoms with Gasteiger partial charge in [0.15, 0.2) is 0 Å². The predicted molar refractivity (Wildman–Crippen MR) is 134 cm³/mol. The van der Waals surface area contributed by atoms with E-state index in [-0.39, 0.29) is 12.1 Å². The van der Waals surface area contributed by atoms with Crippen molar-refractivity contribution in [2.45, 2.75) is 24.2 Å². The number of aryl methyl sites for hydroxylation is 1. The molecule has 6 nitrogen and oxygen atoms in total. The molecule has 0 spiro atoms. The Morgan fingerprint density at radius 3 is 2.62 bits per heavy atom. The van der Waals surface area contributed by atoms with Gasteiger partial charge in [0.25, 0.3) is 0 Å². The summed E-state index contributed by atoms with van der Waals surface area (Å²) in [6, 6.07) is 24.7. The van der Waals surface area contributed by atoms with E-state index in [1.54, 1.807) is 7.11 Å². The van der Waals surface area contributed by atoms with Gasteiger partial charge < -0.3 is 14.8 Å². The maximum atomic E-state index is 6.69. The molecule has 7 heteroatoms. The zero-order chi connectivity index (χ0) is 23.2. The van der Waals surface area contributed by atoms with E-state index in [1.807, 2.05) is 47.3 Å². The fourth-order valence-electron chi connectivity index (χ4n) is 4.69. The Morgan fingerprint density at radius 1 is 1.00 bits per heavy atom. The fraction of sp³-hybridized carbons (Fsp3) is 0.185. The Hall–Kier alpha value is -3.71. The Balaban J connectivity index is 1.62. The van der Waals surface area contributed by atoms with Crippen LogP contribution in [0.2, 0.25) is 0 Å². The molecule has 1 N–H and O–H groups in total. The highest BCUT2D eigenvalue weighted by Crippen LogP contribution is 2.51. The molecule has 2 atom stereocenters. The first kappa shape index (κ1) is 20.9. The van der Waals surface area contributed by atoms with Crippen molar-refractivity contribution >= 4 is 23.4 Å². The van der Waals surface area contributed by atoms with Gasteiger partial charge in [-0.15, -0.1) is 5.10 Å². The number of aromatic nitrogens is 3. The summed E-state index contributed by atoms with van der Waals surface area (Å²) in [6.45, 7) is 2.10. The fourth-order valence-corrected chi connectivity index (χ4v) is 5.04.